The molecule has 0 heterocycles. The van der Waals surface area contributed by atoms with Crippen molar-refractivity contribution in [1.82, 2.24) is 4.90 Å². The standard InChI is InChI=1S/C14H20ClNO/c1-12-6-8-13(9-7-12)14(17)16(2)11-5-3-4-10-15/h6-9H,3-5,10-11H2,1-2H3. The van der Waals surface area contributed by atoms with Crippen LogP contribution >= 0.6 is 11.6 Å². The Morgan fingerprint density at radius 3 is 2.41 bits per heavy atom. The Labute approximate surface area is 109 Å². The largest absolute Gasteiger partial charge is 0.342 e. The molecule has 1 aromatic rings. The number of nitrogens with zero attached hydrogens (tertiary/aromatic N) is 1. The summed E-state index contributed by atoms with van der Waals surface area (Å²) in [6.45, 7) is 2.81. The number of carbonyl (C=O) groups excluding carboxylic acids is 1. The molecule has 0 fully saturated rings. The van der Waals surface area contributed by atoms with Gasteiger partial charge in [0.15, 0.2) is 0 Å². The average Bonchev–Trinajstić information content (AvgIpc) is 2.34. The smallest absolute Gasteiger partial charge is 0.253 e. The summed E-state index contributed by atoms with van der Waals surface area (Å²) in [5.74, 6) is 0.797. The van der Waals surface area contributed by atoms with E-state index >= 15 is 0 Å². The zero-order valence-corrected chi connectivity index (χ0v) is 11.3. The van der Waals surface area contributed by atoms with Gasteiger partial charge in [0.25, 0.3) is 5.91 Å². The lowest BCUT2D eigenvalue weighted by molar-refractivity contribution is 0.0792. The van der Waals surface area contributed by atoms with Crippen LogP contribution in [0.5, 0.6) is 0 Å². The highest BCUT2D eigenvalue weighted by Crippen LogP contribution is 2.07. The van der Waals surface area contributed by atoms with E-state index in [-0.39, 0.29) is 5.91 Å². The van der Waals surface area contributed by atoms with Crippen molar-refractivity contribution in [2.45, 2.75) is 26.2 Å². The maximum atomic E-state index is 12.0. The molecule has 2 nitrogen and oxygen atoms in total. The average molecular weight is 254 g/mol. The van der Waals surface area contributed by atoms with Gasteiger partial charge in [-0.25, -0.2) is 0 Å². The van der Waals surface area contributed by atoms with Gasteiger partial charge in [-0.05, 0) is 31.9 Å². The van der Waals surface area contributed by atoms with E-state index in [1.54, 1.807) is 4.90 Å². The van der Waals surface area contributed by atoms with E-state index in [4.69, 9.17) is 11.6 Å². The quantitative estimate of drug-likeness (QED) is 0.562. The van der Waals surface area contributed by atoms with Crippen molar-refractivity contribution in [2.24, 2.45) is 0 Å². The van der Waals surface area contributed by atoms with Gasteiger partial charge in [-0.1, -0.05) is 24.1 Å². The molecule has 0 N–H and O–H groups in total. The number of benzene rings is 1. The molecule has 1 aromatic carbocycles. The summed E-state index contributed by atoms with van der Waals surface area (Å²) in [6, 6.07) is 7.70. The number of unbranched alkanes of at least 4 members (excludes halogenated alkanes) is 2. The Kier molecular flexibility index (Phi) is 6.06. The number of hydrogen-bond acceptors (Lipinski definition) is 1. The number of amides is 1. The number of halogens is 1. The van der Waals surface area contributed by atoms with Gasteiger partial charge in [0.1, 0.15) is 0 Å². The van der Waals surface area contributed by atoms with Crippen molar-refractivity contribution in [2.75, 3.05) is 19.5 Å². The molecule has 0 radical (unpaired) electrons. The molecule has 3 heteroatoms. The van der Waals surface area contributed by atoms with Crippen molar-refractivity contribution >= 4 is 17.5 Å². The maximum Gasteiger partial charge on any atom is 0.253 e. The van der Waals surface area contributed by atoms with E-state index in [0.717, 1.165) is 31.4 Å². The van der Waals surface area contributed by atoms with Crippen molar-refractivity contribution in [3.63, 3.8) is 0 Å². The van der Waals surface area contributed by atoms with Gasteiger partial charge < -0.3 is 4.90 Å². The molecule has 0 unspecified atom stereocenters. The number of rotatable bonds is 6. The maximum absolute atomic E-state index is 12.0. The van der Waals surface area contributed by atoms with Crippen LogP contribution in [-0.4, -0.2) is 30.3 Å². The lowest BCUT2D eigenvalue weighted by Crippen LogP contribution is -2.27. The molecule has 0 aliphatic heterocycles. The molecular weight excluding hydrogens is 234 g/mol. The molecular formula is C14H20ClNO. The minimum Gasteiger partial charge on any atom is -0.342 e. The van der Waals surface area contributed by atoms with E-state index in [1.807, 2.05) is 38.2 Å². The number of carbonyl (C=O) groups is 1. The number of hydrogen-bond donors (Lipinski definition) is 0. The van der Waals surface area contributed by atoms with E-state index in [0.29, 0.717) is 5.88 Å². The van der Waals surface area contributed by atoms with Gasteiger partial charge in [0.2, 0.25) is 0 Å². The van der Waals surface area contributed by atoms with Crippen LogP contribution in [0.15, 0.2) is 24.3 Å². The lowest BCUT2D eigenvalue weighted by Gasteiger charge is -2.17. The second-order valence-corrected chi connectivity index (χ2v) is 4.72. The Morgan fingerprint density at radius 2 is 1.82 bits per heavy atom. The third kappa shape index (κ3) is 4.78. The van der Waals surface area contributed by atoms with Gasteiger partial charge in [0.05, 0.1) is 0 Å². The van der Waals surface area contributed by atoms with Crippen LogP contribution in [-0.2, 0) is 0 Å². The van der Waals surface area contributed by atoms with Crippen LogP contribution in [0.1, 0.15) is 35.2 Å². The molecule has 0 aliphatic carbocycles. The van der Waals surface area contributed by atoms with Crippen LogP contribution < -0.4 is 0 Å². The van der Waals surface area contributed by atoms with Crippen molar-refractivity contribution in [3.8, 4) is 0 Å². The van der Waals surface area contributed by atoms with Crippen LogP contribution in [0.3, 0.4) is 0 Å². The molecule has 0 aromatic heterocycles. The lowest BCUT2D eigenvalue weighted by atomic mass is 10.1. The first-order valence-corrected chi connectivity index (χ1v) is 6.56. The zero-order valence-electron chi connectivity index (χ0n) is 10.6. The minimum absolute atomic E-state index is 0.0934. The zero-order chi connectivity index (χ0) is 12.7. The number of alkyl halides is 1. The van der Waals surface area contributed by atoms with Gasteiger partial charge in [-0.2, -0.15) is 0 Å². The Hall–Kier alpha value is -1.02. The molecule has 0 saturated heterocycles. The molecule has 94 valence electrons. The first-order valence-electron chi connectivity index (χ1n) is 6.03. The Bertz CT molecular complexity index is 348. The fourth-order valence-electron chi connectivity index (χ4n) is 1.64. The van der Waals surface area contributed by atoms with E-state index in [2.05, 4.69) is 0 Å². The van der Waals surface area contributed by atoms with Crippen molar-refractivity contribution < 1.29 is 4.79 Å². The predicted molar refractivity (Wildman–Crippen MR) is 72.7 cm³/mol. The summed E-state index contributed by atoms with van der Waals surface area (Å²) >= 11 is 5.61. The molecule has 1 rings (SSSR count). The highest BCUT2D eigenvalue weighted by molar-refractivity contribution is 6.17. The van der Waals surface area contributed by atoms with Crippen LogP contribution in [0.2, 0.25) is 0 Å². The molecule has 0 bridgehead atoms. The van der Waals surface area contributed by atoms with E-state index < -0.39 is 0 Å². The van der Waals surface area contributed by atoms with Gasteiger partial charge in [0, 0.05) is 25.0 Å². The van der Waals surface area contributed by atoms with Crippen molar-refractivity contribution in [3.05, 3.63) is 35.4 Å². The van der Waals surface area contributed by atoms with Gasteiger partial charge in [-0.3, -0.25) is 4.79 Å². The fraction of sp³-hybridized carbons (Fsp3) is 0.500. The van der Waals surface area contributed by atoms with Crippen LogP contribution in [0.25, 0.3) is 0 Å². The molecule has 1 amide bonds. The molecule has 0 spiro atoms. The highest BCUT2D eigenvalue weighted by atomic mass is 35.5. The Balaban J connectivity index is 2.43. The summed E-state index contributed by atoms with van der Waals surface area (Å²) in [5.41, 5.74) is 1.93. The topological polar surface area (TPSA) is 20.3 Å². The molecule has 0 aliphatic rings. The van der Waals surface area contributed by atoms with Gasteiger partial charge in [-0.15, -0.1) is 11.6 Å². The van der Waals surface area contributed by atoms with Crippen molar-refractivity contribution in [1.29, 1.82) is 0 Å². The third-order valence-electron chi connectivity index (χ3n) is 2.77. The summed E-state index contributed by atoms with van der Waals surface area (Å²) in [7, 11) is 1.85. The fourth-order valence-corrected chi connectivity index (χ4v) is 1.83. The third-order valence-corrected chi connectivity index (χ3v) is 3.04. The Morgan fingerprint density at radius 1 is 1.18 bits per heavy atom. The van der Waals surface area contributed by atoms with Gasteiger partial charge >= 0.3 is 0 Å². The van der Waals surface area contributed by atoms with Crippen LogP contribution in [0, 0.1) is 6.92 Å². The highest BCUT2D eigenvalue weighted by Gasteiger charge is 2.10. The molecule has 17 heavy (non-hydrogen) atoms. The summed E-state index contributed by atoms with van der Waals surface area (Å²) in [6.07, 6.45) is 3.12. The summed E-state index contributed by atoms with van der Waals surface area (Å²) in [4.78, 5) is 13.8. The van der Waals surface area contributed by atoms with E-state index in [1.165, 1.54) is 5.56 Å². The van der Waals surface area contributed by atoms with Crippen LogP contribution in [0.4, 0.5) is 0 Å². The first-order chi connectivity index (χ1) is 8.15. The summed E-state index contributed by atoms with van der Waals surface area (Å²) < 4.78 is 0. The minimum atomic E-state index is 0.0934. The monoisotopic (exact) mass is 253 g/mol. The van der Waals surface area contributed by atoms with E-state index in [9.17, 15) is 4.79 Å². The summed E-state index contributed by atoms with van der Waals surface area (Å²) in [5, 5.41) is 0. The number of aryl methyl sites for hydroxylation is 1. The normalized spacial score (nSPS) is 10.3. The second kappa shape index (κ2) is 7.33. The predicted octanol–water partition coefficient (Wildman–Crippen LogP) is 3.48. The molecule has 0 saturated carbocycles. The molecule has 0 atom stereocenters. The SMILES string of the molecule is Cc1ccc(C(=O)N(C)CCCCCCl)cc1. The first kappa shape index (κ1) is 14.0. The second-order valence-electron chi connectivity index (χ2n) is 4.34.